The lowest BCUT2D eigenvalue weighted by molar-refractivity contribution is 0.228. The standard InChI is InChI=1S/C16H23ClFN/c1-2-19-11-13-7-4-3-6-12(13)10-14-15(17)8-5-9-16(14)18/h5,8-9,12-13,19H,2-4,6-7,10-11H2,1H3. The molecule has 106 valence electrons. The summed E-state index contributed by atoms with van der Waals surface area (Å²) in [6.45, 7) is 4.18. The zero-order valence-electron chi connectivity index (χ0n) is 11.6. The zero-order chi connectivity index (χ0) is 13.7. The average molecular weight is 284 g/mol. The van der Waals surface area contributed by atoms with Crippen LogP contribution in [0.3, 0.4) is 0 Å². The van der Waals surface area contributed by atoms with Crippen molar-refractivity contribution in [3.05, 3.63) is 34.6 Å². The number of rotatable bonds is 5. The van der Waals surface area contributed by atoms with E-state index in [4.69, 9.17) is 11.6 Å². The summed E-state index contributed by atoms with van der Waals surface area (Å²) in [7, 11) is 0. The molecule has 2 unspecified atom stereocenters. The van der Waals surface area contributed by atoms with Crippen LogP contribution >= 0.6 is 11.6 Å². The Bertz CT molecular complexity index is 387. The quantitative estimate of drug-likeness (QED) is 0.842. The Labute approximate surface area is 120 Å². The summed E-state index contributed by atoms with van der Waals surface area (Å²) in [6.07, 6.45) is 5.79. The summed E-state index contributed by atoms with van der Waals surface area (Å²) in [4.78, 5) is 0. The molecule has 1 aliphatic carbocycles. The Balaban J connectivity index is 2.06. The predicted octanol–water partition coefficient (Wildman–Crippen LogP) is 4.44. The van der Waals surface area contributed by atoms with Gasteiger partial charge in [0.2, 0.25) is 0 Å². The van der Waals surface area contributed by atoms with Gasteiger partial charge < -0.3 is 5.32 Å². The molecular weight excluding hydrogens is 261 g/mol. The Morgan fingerprint density at radius 3 is 2.68 bits per heavy atom. The molecule has 1 fully saturated rings. The van der Waals surface area contributed by atoms with E-state index in [1.165, 1.54) is 31.7 Å². The summed E-state index contributed by atoms with van der Waals surface area (Å²) >= 11 is 6.15. The first-order chi connectivity index (χ1) is 9.22. The van der Waals surface area contributed by atoms with E-state index in [9.17, 15) is 4.39 Å². The number of nitrogens with one attached hydrogen (secondary N) is 1. The van der Waals surface area contributed by atoms with Crippen LogP contribution in [0.2, 0.25) is 5.02 Å². The second kappa shape index (κ2) is 7.25. The highest BCUT2D eigenvalue weighted by atomic mass is 35.5. The van der Waals surface area contributed by atoms with Crippen molar-refractivity contribution < 1.29 is 4.39 Å². The Kier molecular flexibility index (Phi) is 5.65. The Hall–Kier alpha value is -0.600. The first kappa shape index (κ1) is 14.8. The smallest absolute Gasteiger partial charge is 0.127 e. The van der Waals surface area contributed by atoms with Crippen LogP contribution in [0.25, 0.3) is 0 Å². The minimum Gasteiger partial charge on any atom is -0.317 e. The van der Waals surface area contributed by atoms with E-state index in [1.54, 1.807) is 12.1 Å². The van der Waals surface area contributed by atoms with Crippen LogP contribution in [0, 0.1) is 17.7 Å². The fraction of sp³-hybridized carbons (Fsp3) is 0.625. The molecule has 0 amide bonds. The molecule has 0 spiro atoms. The second-order valence-corrected chi connectivity index (χ2v) is 5.92. The SMILES string of the molecule is CCNCC1CCCCC1Cc1c(F)cccc1Cl. The van der Waals surface area contributed by atoms with Crippen LogP contribution in [-0.4, -0.2) is 13.1 Å². The lowest BCUT2D eigenvalue weighted by Gasteiger charge is -2.32. The van der Waals surface area contributed by atoms with Crippen molar-refractivity contribution in [1.82, 2.24) is 5.32 Å². The fourth-order valence-corrected chi connectivity index (χ4v) is 3.38. The van der Waals surface area contributed by atoms with Gasteiger partial charge in [0.25, 0.3) is 0 Å². The number of hydrogen-bond donors (Lipinski definition) is 1. The predicted molar refractivity (Wildman–Crippen MR) is 79.1 cm³/mol. The lowest BCUT2D eigenvalue weighted by Crippen LogP contribution is -2.31. The third-order valence-corrected chi connectivity index (χ3v) is 4.61. The highest BCUT2D eigenvalue weighted by Crippen LogP contribution is 2.34. The van der Waals surface area contributed by atoms with E-state index < -0.39 is 0 Å². The van der Waals surface area contributed by atoms with Gasteiger partial charge in [-0.3, -0.25) is 0 Å². The van der Waals surface area contributed by atoms with Gasteiger partial charge in [-0.05, 0) is 56.3 Å². The van der Waals surface area contributed by atoms with Crippen molar-refractivity contribution in [3.8, 4) is 0 Å². The zero-order valence-corrected chi connectivity index (χ0v) is 12.3. The van der Waals surface area contributed by atoms with E-state index in [0.29, 0.717) is 22.4 Å². The summed E-state index contributed by atoms with van der Waals surface area (Å²) < 4.78 is 13.9. The van der Waals surface area contributed by atoms with Crippen LogP contribution in [0.15, 0.2) is 18.2 Å². The molecule has 1 aromatic carbocycles. The molecule has 1 N–H and O–H groups in total. The molecule has 0 saturated heterocycles. The summed E-state index contributed by atoms with van der Waals surface area (Å²) in [6, 6.07) is 4.99. The van der Waals surface area contributed by atoms with Crippen LogP contribution < -0.4 is 5.32 Å². The van der Waals surface area contributed by atoms with Gasteiger partial charge in [0, 0.05) is 10.6 Å². The highest BCUT2D eigenvalue weighted by Gasteiger charge is 2.26. The maximum Gasteiger partial charge on any atom is 0.127 e. The van der Waals surface area contributed by atoms with Crippen molar-refractivity contribution in [2.75, 3.05) is 13.1 Å². The summed E-state index contributed by atoms with van der Waals surface area (Å²) in [5.41, 5.74) is 0.706. The van der Waals surface area contributed by atoms with Gasteiger partial charge in [-0.25, -0.2) is 4.39 Å². The molecule has 0 aliphatic heterocycles. The van der Waals surface area contributed by atoms with Gasteiger partial charge in [0.15, 0.2) is 0 Å². The molecule has 1 saturated carbocycles. The molecule has 2 rings (SSSR count). The maximum atomic E-state index is 13.9. The normalized spacial score (nSPS) is 23.5. The van der Waals surface area contributed by atoms with Crippen LogP contribution in [0.5, 0.6) is 0 Å². The Morgan fingerprint density at radius 2 is 2.00 bits per heavy atom. The minimum atomic E-state index is -0.153. The fourth-order valence-electron chi connectivity index (χ4n) is 3.14. The van der Waals surface area contributed by atoms with E-state index >= 15 is 0 Å². The summed E-state index contributed by atoms with van der Waals surface area (Å²) in [5, 5.41) is 4.01. The molecule has 3 heteroatoms. The van der Waals surface area contributed by atoms with Crippen molar-refractivity contribution in [1.29, 1.82) is 0 Å². The number of halogens is 2. The van der Waals surface area contributed by atoms with Crippen molar-refractivity contribution in [2.24, 2.45) is 11.8 Å². The van der Waals surface area contributed by atoms with E-state index in [0.717, 1.165) is 19.5 Å². The van der Waals surface area contributed by atoms with Gasteiger partial charge in [-0.2, -0.15) is 0 Å². The number of benzene rings is 1. The topological polar surface area (TPSA) is 12.0 Å². The minimum absolute atomic E-state index is 0.153. The van der Waals surface area contributed by atoms with Gasteiger partial charge in [0.05, 0.1) is 0 Å². The third-order valence-electron chi connectivity index (χ3n) is 4.25. The van der Waals surface area contributed by atoms with Crippen molar-refractivity contribution in [2.45, 2.75) is 39.0 Å². The first-order valence-electron chi connectivity index (χ1n) is 7.36. The van der Waals surface area contributed by atoms with Crippen LogP contribution in [-0.2, 0) is 6.42 Å². The van der Waals surface area contributed by atoms with Gasteiger partial charge in [-0.1, -0.05) is 37.4 Å². The third kappa shape index (κ3) is 3.93. The molecule has 0 aromatic heterocycles. The van der Waals surface area contributed by atoms with E-state index in [2.05, 4.69) is 12.2 Å². The van der Waals surface area contributed by atoms with E-state index in [1.807, 2.05) is 0 Å². The monoisotopic (exact) mass is 283 g/mol. The molecule has 1 nitrogen and oxygen atoms in total. The molecule has 1 aromatic rings. The molecule has 1 aliphatic rings. The molecule has 2 atom stereocenters. The second-order valence-electron chi connectivity index (χ2n) is 5.52. The summed E-state index contributed by atoms with van der Waals surface area (Å²) in [5.74, 6) is 1.06. The molecule has 19 heavy (non-hydrogen) atoms. The first-order valence-corrected chi connectivity index (χ1v) is 7.73. The van der Waals surface area contributed by atoms with Crippen LogP contribution in [0.4, 0.5) is 4.39 Å². The lowest BCUT2D eigenvalue weighted by atomic mass is 9.76. The maximum absolute atomic E-state index is 13.9. The van der Waals surface area contributed by atoms with Crippen molar-refractivity contribution in [3.63, 3.8) is 0 Å². The molecular formula is C16H23ClFN. The molecule has 0 heterocycles. The van der Waals surface area contributed by atoms with Crippen LogP contribution in [0.1, 0.15) is 38.2 Å². The van der Waals surface area contributed by atoms with Crippen molar-refractivity contribution >= 4 is 11.6 Å². The molecule has 0 radical (unpaired) electrons. The molecule has 0 bridgehead atoms. The highest BCUT2D eigenvalue weighted by molar-refractivity contribution is 6.31. The van der Waals surface area contributed by atoms with Gasteiger partial charge in [0.1, 0.15) is 5.82 Å². The average Bonchev–Trinajstić information content (AvgIpc) is 2.42. The van der Waals surface area contributed by atoms with E-state index in [-0.39, 0.29) is 5.82 Å². The number of hydrogen-bond acceptors (Lipinski definition) is 1. The Morgan fingerprint density at radius 1 is 1.26 bits per heavy atom. The van der Waals surface area contributed by atoms with Gasteiger partial charge >= 0.3 is 0 Å². The largest absolute Gasteiger partial charge is 0.317 e. The van der Waals surface area contributed by atoms with Gasteiger partial charge in [-0.15, -0.1) is 0 Å².